The number of fused-ring (bicyclic) bond motifs is 1. The number of carbonyl (C=O) groups is 1. The van der Waals surface area contributed by atoms with Gasteiger partial charge in [0.1, 0.15) is 11.3 Å². The number of aromatic nitrogens is 2. The normalized spacial score (nSPS) is 16.4. The van der Waals surface area contributed by atoms with E-state index in [2.05, 4.69) is 31.6 Å². The molecule has 2 aromatic rings. The van der Waals surface area contributed by atoms with Crippen LogP contribution in [0.15, 0.2) is 18.2 Å². The first kappa shape index (κ1) is 17.8. The van der Waals surface area contributed by atoms with Crippen molar-refractivity contribution in [2.45, 2.75) is 26.9 Å². The SMILES string of the molecule is CCNC(=O)CN1CCN(Cc2nc3c(F)cccc3n2CC)CC1. The highest BCUT2D eigenvalue weighted by Gasteiger charge is 2.21. The Labute approximate surface area is 147 Å². The quantitative estimate of drug-likeness (QED) is 0.859. The zero-order valence-corrected chi connectivity index (χ0v) is 15.0. The Kier molecular flexibility index (Phi) is 5.65. The summed E-state index contributed by atoms with van der Waals surface area (Å²) in [6.07, 6.45) is 0. The predicted octanol–water partition coefficient (Wildman–Crippen LogP) is 1.45. The fourth-order valence-corrected chi connectivity index (χ4v) is 3.40. The van der Waals surface area contributed by atoms with Gasteiger partial charge in [0.25, 0.3) is 0 Å². The van der Waals surface area contributed by atoms with Crippen molar-refractivity contribution in [2.24, 2.45) is 0 Å². The van der Waals surface area contributed by atoms with E-state index in [1.54, 1.807) is 6.07 Å². The Balaban J connectivity index is 1.63. The molecule has 7 heteroatoms. The maximum Gasteiger partial charge on any atom is 0.234 e. The topological polar surface area (TPSA) is 53.4 Å². The molecule has 1 amide bonds. The van der Waals surface area contributed by atoms with Crippen LogP contribution in [0.1, 0.15) is 19.7 Å². The van der Waals surface area contributed by atoms with E-state index < -0.39 is 0 Å². The summed E-state index contributed by atoms with van der Waals surface area (Å²) in [5.74, 6) is 0.719. The third-order valence-electron chi connectivity index (χ3n) is 4.70. The van der Waals surface area contributed by atoms with Crippen LogP contribution in [0.3, 0.4) is 0 Å². The third-order valence-corrected chi connectivity index (χ3v) is 4.70. The van der Waals surface area contributed by atoms with Crippen molar-refractivity contribution in [2.75, 3.05) is 39.3 Å². The lowest BCUT2D eigenvalue weighted by Crippen LogP contribution is -2.49. The fraction of sp³-hybridized carbons (Fsp3) is 0.556. The summed E-state index contributed by atoms with van der Waals surface area (Å²) in [6.45, 7) is 10.1. The molecule has 0 bridgehead atoms. The van der Waals surface area contributed by atoms with E-state index in [0.717, 1.165) is 44.1 Å². The minimum absolute atomic E-state index is 0.0826. The van der Waals surface area contributed by atoms with Gasteiger partial charge in [-0.3, -0.25) is 14.6 Å². The predicted molar refractivity (Wildman–Crippen MR) is 95.8 cm³/mol. The highest BCUT2D eigenvalue weighted by molar-refractivity contribution is 5.78. The molecule has 1 saturated heterocycles. The van der Waals surface area contributed by atoms with Crippen molar-refractivity contribution >= 4 is 16.9 Å². The molecule has 1 N–H and O–H groups in total. The number of hydrogen-bond acceptors (Lipinski definition) is 4. The number of rotatable bonds is 6. The molecule has 3 rings (SSSR count). The molecule has 1 aromatic carbocycles. The molecule has 25 heavy (non-hydrogen) atoms. The van der Waals surface area contributed by atoms with E-state index in [1.165, 1.54) is 6.07 Å². The molecule has 136 valence electrons. The van der Waals surface area contributed by atoms with Gasteiger partial charge >= 0.3 is 0 Å². The van der Waals surface area contributed by atoms with Crippen molar-refractivity contribution in [1.29, 1.82) is 0 Å². The van der Waals surface area contributed by atoms with E-state index >= 15 is 0 Å². The Morgan fingerprint density at radius 1 is 1.20 bits per heavy atom. The number of nitrogens with one attached hydrogen (secondary N) is 1. The summed E-state index contributed by atoms with van der Waals surface area (Å²) in [5.41, 5.74) is 1.31. The molecular weight excluding hydrogens is 321 g/mol. The second-order valence-corrected chi connectivity index (χ2v) is 6.39. The van der Waals surface area contributed by atoms with Crippen LogP contribution >= 0.6 is 0 Å². The van der Waals surface area contributed by atoms with Crippen LogP contribution in [0.25, 0.3) is 11.0 Å². The number of aryl methyl sites for hydroxylation is 1. The molecule has 1 aliphatic heterocycles. The first-order valence-electron chi connectivity index (χ1n) is 8.97. The molecular formula is C18H26FN5O. The van der Waals surface area contributed by atoms with Gasteiger partial charge in [-0.1, -0.05) is 6.07 Å². The highest BCUT2D eigenvalue weighted by atomic mass is 19.1. The average Bonchev–Trinajstić information content (AvgIpc) is 2.95. The van der Waals surface area contributed by atoms with Gasteiger partial charge in [-0.25, -0.2) is 9.37 Å². The van der Waals surface area contributed by atoms with Crippen LogP contribution < -0.4 is 5.32 Å². The summed E-state index contributed by atoms with van der Waals surface area (Å²) in [4.78, 5) is 20.7. The van der Waals surface area contributed by atoms with Gasteiger partial charge in [0, 0.05) is 39.3 Å². The Morgan fingerprint density at radius 3 is 2.60 bits per heavy atom. The number of carbonyl (C=O) groups excluding carboxylic acids is 1. The highest BCUT2D eigenvalue weighted by Crippen LogP contribution is 2.20. The molecule has 0 saturated carbocycles. The van der Waals surface area contributed by atoms with Crippen LogP contribution in [-0.2, 0) is 17.9 Å². The number of nitrogens with zero attached hydrogens (tertiary/aromatic N) is 4. The number of para-hydroxylation sites is 1. The summed E-state index contributed by atoms with van der Waals surface area (Å²) < 4.78 is 16.1. The van der Waals surface area contributed by atoms with Gasteiger partial charge in [0.15, 0.2) is 5.82 Å². The maximum absolute atomic E-state index is 14.0. The molecule has 0 unspecified atom stereocenters. The first-order chi connectivity index (χ1) is 12.1. The fourth-order valence-electron chi connectivity index (χ4n) is 3.40. The lowest BCUT2D eigenvalue weighted by molar-refractivity contribution is -0.122. The zero-order chi connectivity index (χ0) is 17.8. The Bertz CT molecular complexity index is 736. The number of imidazole rings is 1. The molecule has 1 fully saturated rings. The van der Waals surface area contributed by atoms with Crippen LogP contribution in [0.2, 0.25) is 0 Å². The number of amides is 1. The summed E-state index contributed by atoms with van der Waals surface area (Å²) in [5, 5.41) is 2.84. The lowest BCUT2D eigenvalue weighted by atomic mass is 10.3. The summed E-state index contributed by atoms with van der Waals surface area (Å²) in [6, 6.07) is 5.11. The van der Waals surface area contributed by atoms with Crippen molar-refractivity contribution < 1.29 is 9.18 Å². The van der Waals surface area contributed by atoms with Crippen LogP contribution in [0.4, 0.5) is 4.39 Å². The van der Waals surface area contributed by atoms with E-state index in [1.807, 2.05) is 13.0 Å². The van der Waals surface area contributed by atoms with Crippen molar-refractivity contribution in [1.82, 2.24) is 24.7 Å². The smallest absolute Gasteiger partial charge is 0.234 e. The monoisotopic (exact) mass is 347 g/mol. The molecule has 0 spiro atoms. The standard InChI is InChI=1S/C18H26FN5O/c1-3-20-17(25)13-23-10-8-22(9-11-23)12-16-21-18-14(19)6-5-7-15(18)24(16)4-2/h5-7H,3-4,8-13H2,1-2H3,(H,20,25). The first-order valence-corrected chi connectivity index (χ1v) is 8.97. The molecule has 1 aromatic heterocycles. The van der Waals surface area contributed by atoms with E-state index in [4.69, 9.17) is 0 Å². The number of piperazine rings is 1. The Morgan fingerprint density at radius 2 is 1.92 bits per heavy atom. The Hall–Kier alpha value is -1.99. The maximum atomic E-state index is 14.0. The molecule has 6 nitrogen and oxygen atoms in total. The van der Waals surface area contributed by atoms with Crippen molar-refractivity contribution in [3.63, 3.8) is 0 Å². The summed E-state index contributed by atoms with van der Waals surface area (Å²) in [7, 11) is 0. The van der Waals surface area contributed by atoms with Crippen LogP contribution in [0.5, 0.6) is 0 Å². The number of benzene rings is 1. The average molecular weight is 347 g/mol. The molecule has 0 radical (unpaired) electrons. The second kappa shape index (κ2) is 7.93. The van der Waals surface area contributed by atoms with Crippen LogP contribution in [-0.4, -0.2) is 64.5 Å². The molecule has 0 aliphatic carbocycles. The number of hydrogen-bond donors (Lipinski definition) is 1. The van der Waals surface area contributed by atoms with Gasteiger partial charge in [0.05, 0.1) is 18.6 Å². The van der Waals surface area contributed by atoms with Gasteiger partial charge < -0.3 is 9.88 Å². The van der Waals surface area contributed by atoms with E-state index in [-0.39, 0.29) is 11.7 Å². The molecule has 2 heterocycles. The lowest BCUT2D eigenvalue weighted by Gasteiger charge is -2.34. The molecule has 1 aliphatic rings. The van der Waals surface area contributed by atoms with E-state index in [0.29, 0.717) is 25.2 Å². The van der Waals surface area contributed by atoms with Gasteiger partial charge in [-0.2, -0.15) is 0 Å². The largest absolute Gasteiger partial charge is 0.355 e. The van der Waals surface area contributed by atoms with E-state index in [9.17, 15) is 9.18 Å². The zero-order valence-electron chi connectivity index (χ0n) is 15.0. The van der Waals surface area contributed by atoms with Gasteiger partial charge in [-0.05, 0) is 26.0 Å². The van der Waals surface area contributed by atoms with Crippen molar-refractivity contribution in [3.05, 3.63) is 29.8 Å². The van der Waals surface area contributed by atoms with Crippen LogP contribution in [0, 0.1) is 5.82 Å². The van der Waals surface area contributed by atoms with Crippen molar-refractivity contribution in [3.8, 4) is 0 Å². The summed E-state index contributed by atoms with van der Waals surface area (Å²) >= 11 is 0. The van der Waals surface area contributed by atoms with Gasteiger partial charge in [0.2, 0.25) is 5.91 Å². The number of likely N-dealkylation sites (N-methyl/N-ethyl adjacent to an activating group) is 1. The number of halogens is 1. The minimum Gasteiger partial charge on any atom is -0.355 e. The molecule has 0 atom stereocenters. The van der Waals surface area contributed by atoms with Gasteiger partial charge in [-0.15, -0.1) is 0 Å². The minimum atomic E-state index is -0.266. The second-order valence-electron chi connectivity index (χ2n) is 6.39. The third kappa shape index (κ3) is 3.99.